The molecule has 0 spiro atoms. The van der Waals surface area contributed by atoms with Gasteiger partial charge in [-0.15, -0.1) is 0 Å². The van der Waals surface area contributed by atoms with E-state index >= 15 is 0 Å². The molecule has 0 unspecified atom stereocenters. The molecule has 2 aliphatic heterocycles. The van der Waals surface area contributed by atoms with Crippen molar-refractivity contribution >= 4 is 15.9 Å². The van der Waals surface area contributed by atoms with Crippen molar-refractivity contribution in [3.05, 3.63) is 29.8 Å². The van der Waals surface area contributed by atoms with E-state index in [1.54, 1.807) is 12.0 Å². The van der Waals surface area contributed by atoms with E-state index in [-0.39, 0.29) is 5.91 Å². The summed E-state index contributed by atoms with van der Waals surface area (Å²) < 4.78 is 30.1. The number of nitrogens with zero attached hydrogens (tertiary/aromatic N) is 3. The lowest BCUT2D eigenvalue weighted by Gasteiger charge is -2.35. The Morgan fingerprint density at radius 1 is 1.15 bits per heavy atom. The number of methoxy groups -OCH3 is 1. The molecule has 27 heavy (non-hydrogen) atoms. The van der Waals surface area contributed by atoms with Gasteiger partial charge in [-0.1, -0.05) is 18.2 Å². The average Bonchev–Trinajstić information content (AvgIpc) is 3.08. The van der Waals surface area contributed by atoms with Crippen molar-refractivity contribution in [1.29, 1.82) is 0 Å². The van der Waals surface area contributed by atoms with Crippen molar-refractivity contribution in [3.8, 4) is 5.75 Å². The Bertz CT molecular complexity index is 760. The summed E-state index contributed by atoms with van der Waals surface area (Å²) >= 11 is 0. The molecule has 2 aliphatic rings. The lowest BCUT2D eigenvalue weighted by atomic mass is 10.0. The van der Waals surface area contributed by atoms with Crippen LogP contribution in [0.3, 0.4) is 0 Å². The fourth-order valence-electron chi connectivity index (χ4n) is 4.00. The fraction of sp³-hybridized carbons (Fsp3) is 0.632. The van der Waals surface area contributed by atoms with Crippen LogP contribution in [0.5, 0.6) is 5.75 Å². The standard InChI is InChI=1S/C19H29N3O4S/c1-26-18-8-4-3-6-16(18)14-17-7-5-9-21(17)15-19(23)20-10-12-22(13-11-20)27(2,24)25/h3-4,6,8,17H,5,7,9-15H2,1-2H3/t17-/m0/s1. The zero-order valence-corrected chi connectivity index (χ0v) is 17.0. The van der Waals surface area contributed by atoms with Crippen LogP contribution in [0.15, 0.2) is 24.3 Å². The van der Waals surface area contributed by atoms with Gasteiger partial charge in [-0.05, 0) is 37.4 Å². The van der Waals surface area contributed by atoms with Gasteiger partial charge in [0.2, 0.25) is 15.9 Å². The molecule has 150 valence electrons. The number of rotatable bonds is 6. The van der Waals surface area contributed by atoms with Crippen LogP contribution >= 0.6 is 0 Å². The van der Waals surface area contributed by atoms with Gasteiger partial charge in [0.15, 0.2) is 0 Å². The van der Waals surface area contributed by atoms with Crippen LogP contribution in [-0.2, 0) is 21.2 Å². The molecule has 0 bridgehead atoms. The summed E-state index contributed by atoms with van der Waals surface area (Å²) in [5.74, 6) is 0.989. The molecule has 1 atom stereocenters. The average molecular weight is 396 g/mol. The number of likely N-dealkylation sites (tertiary alicyclic amines) is 1. The summed E-state index contributed by atoms with van der Waals surface area (Å²) in [4.78, 5) is 16.8. The van der Waals surface area contributed by atoms with Gasteiger partial charge in [0.1, 0.15) is 5.75 Å². The number of carbonyl (C=O) groups excluding carboxylic acids is 1. The first-order valence-electron chi connectivity index (χ1n) is 9.47. The Morgan fingerprint density at radius 2 is 1.85 bits per heavy atom. The van der Waals surface area contributed by atoms with E-state index in [9.17, 15) is 13.2 Å². The zero-order valence-electron chi connectivity index (χ0n) is 16.1. The Labute approximate surface area is 161 Å². The first-order valence-corrected chi connectivity index (χ1v) is 11.3. The van der Waals surface area contributed by atoms with Crippen LogP contribution < -0.4 is 4.74 Å². The number of ether oxygens (including phenoxy) is 1. The summed E-state index contributed by atoms with van der Waals surface area (Å²) in [6, 6.07) is 8.38. The number of sulfonamides is 1. The molecular formula is C19H29N3O4S. The van der Waals surface area contributed by atoms with Crippen LogP contribution in [0.25, 0.3) is 0 Å². The monoisotopic (exact) mass is 395 g/mol. The molecule has 3 rings (SSSR count). The molecule has 2 heterocycles. The van der Waals surface area contributed by atoms with Crippen molar-refractivity contribution in [2.75, 3.05) is 52.6 Å². The number of para-hydroxylation sites is 1. The highest BCUT2D eigenvalue weighted by molar-refractivity contribution is 7.88. The SMILES string of the molecule is COc1ccccc1C[C@@H]1CCCN1CC(=O)N1CCN(S(C)(=O)=O)CC1. The number of benzene rings is 1. The van der Waals surface area contributed by atoms with E-state index in [0.29, 0.717) is 38.8 Å². The van der Waals surface area contributed by atoms with Crippen LogP contribution in [0.1, 0.15) is 18.4 Å². The largest absolute Gasteiger partial charge is 0.496 e. The minimum atomic E-state index is -3.17. The zero-order chi connectivity index (χ0) is 19.4. The van der Waals surface area contributed by atoms with Gasteiger partial charge >= 0.3 is 0 Å². The van der Waals surface area contributed by atoms with Crippen LogP contribution in [0.4, 0.5) is 0 Å². The van der Waals surface area contributed by atoms with E-state index in [4.69, 9.17) is 4.74 Å². The Hall–Kier alpha value is -1.64. The highest BCUT2D eigenvalue weighted by Gasteiger charge is 2.31. The van der Waals surface area contributed by atoms with Crippen molar-refractivity contribution < 1.29 is 17.9 Å². The Morgan fingerprint density at radius 3 is 2.52 bits per heavy atom. The quantitative estimate of drug-likeness (QED) is 0.713. The maximum atomic E-state index is 12.7. The molecule has 0 aliphatic carbocycles. The summed E-state index contributed by atoms with van der Waals surface area (Å²) in [6.07, 6.45) is 4.26. The van der Waals surface area contributed by atoms with Gasteiger partial charge in [-0.3, -0.25) is 9.69 Å². The predicted molar refractivity (Wildman–Crippen MR) is 104 cm³/mol. The van der Waals surface area contributed by atoms with Gasteiger partial charge in [-0.2, -0.15) is 4.31 Å². The second kappa shape index (κ2) is 8.58. The number of amides is 1. The number of hydrogen-bond acceptors (Lipinski definition) is 5. The third-order valence-corrected chi connectivity index (χ3v) is 6.85. The molecule has 8 heteroatoms. The molecule has 1 aromatic rings. The summed E-state index contributed by atoms with van der Waals surface area (Å²) in [5.41, 5.74) is 1.17. The van der Waals surface area contributed by atoms with Crippen molar-refractivity contribution in [3.63, 3.8) is 0 Å². The maximum Gasteiger partial charge on any atom is 0.236 e. The molecule has 0 saturated carbocycles. The van der Waals surface area contributed by atoms with E-state index in [1.165, 1.54) is 16.1 Å². The highest BCUT2D eigenvalue weighted by atomic mass is 32.2. The number of hydrogen-bond donors (Lipinski definition) is 0. The first-order chi connectivity index (χ1) is 12.9. The summed E-state index contributed by atoms with van der Waals surface area (Å²) in [7, 11) is -1.49. The second-order valence-electron chi connectivity index (χ2n) is 7.33. The molecule has 1 aromatic carbocycles. The van der Waals surface area contributed by atoms with Gasteiger partial charge in [-0.25, -0.2) is 8.42 Å². The maximum absolute atomic E-state index is 12.7. The minimum Gasteiger partial charge on any atom is -0.496 e. The summed E-state index contributed by atoms with van der Waals surface area (Å²) in [5, 5.41) is 0. The van der Waals surface area contributed by atoms with Crippen molar-refractivity contribution in [2.24, 2.45) is 0 Å². The molecule has 0 N–H and O–H groups in total. The lowest BCUT2D eigenvalue weighted by Crippen LogP contribution is -2.52. The van der Waals surface area contributed by atoms with Crippen LogP contribution in [-0.4, -0.2) is 87.1 Å². The molecule has 0 aromatic heterocycles. The van der Waals surface area contributed by atoms with Gasteiger partial charge in [0, 0.05) is 32.2 Å². The molecular weight excluding hydrogens is 366 g/mol. The van der Waals surface area contributed by atoms with Crippen LogP contribution in [0, 0.1) is 0 Å². The topological polar surface area (TPSA) is 70.2 Å². The Balaban J connectivity index is 1.56. The van der Waals surface area contributed by atoms with Gasteiger partial charge < -0.3 is 9.64 Å². The molecule has 2 saturated heterocycles. The molecule has 1 amide bonds. The third kappa shape index (κ3) is 5.00. The van der Waals surface area contributed by atoms with Gasteiger partial charge in [0.05, 0.1) is 19.9 Å². The normalized spacial score (nSPS) is 22.1. The molecule has 0 radical (unpaired) electrons. The fourth-order valence-corrected chi connectivity index (χ4v) is 4.83. The van der Waals surface area contributed by atoms with E-state index in [1.807, 2.05) is 18.2 Å². The highest BCUT2D eigenvalue weighted by Crippen LogP contribution is 2.26. The summed E-state index contributed by atoms with van der Waals surface area (Å²) in [6.45, 7) is 3.03. The van der Waals surface area contributed by atoms with Crippen LogP contribution in [0.2, 0.25) is 0 Å². The van der Waals surface area contributed by atoms with E-state index in [0.717, 1.165) is 31.6 Å². The third-order valence-electron chi connectivity index (χ3n) is 5.55. The minimum absolute atomic E-state index is 0.0927. The Kier molecular flexibility index (Phi) is 6.39. The molecule has 7 nitrogen and oxygen atoms in total. The number of piperazine rings is 1. The van der Waals surface area contributed by atoms with Crippen molar-refractivity contribution in [2.45, 2.75) is 25.3 Å². The van der Waals surface area contributed by atoms with E-state index < -0.39 is 10.0 Å². The lowest BCUT2D eigenvalue weighted by molar-refractivity contribution is -0.133. The first kappa shape index (κ1) is 20.1. The second-order valence-corrected chi connectivity index (χ2v) is 9.31. The predicted octanol–water partition coefficient (Wildman–Crippen LogP) is 0.806. The van der Waals surface area contributed by atoms with E-state index in [2.05, 4.69) is 11.0 Å². The van der Waals surface area contributed by atoms with Gasteiger partial charge in [0.25, 0.3) is 0 Å². The number of carbonyl (C=O) groups is 1. The smallest absolute Gasteiger partial charge is 0.236 e. The molecule has 2 fully saturated rings. The van der Waals surface area contributed by atoms with Crippen molar-refractivity contribution in [1.82, 2.24) is 14.1 Å².